The number of nitrogens with one attached hydrogen (secondary N) is 1. The molecule has 3 aromatic carbocycles. The standard InChI is InChI=1S/C25H18Cl3NO4/c1-13-21(26)14(2)23(28)24(22(13)27)32-12-20(30)29-17-9-7-15(8-10-17)18-11-16-5-3-4-6-19(16)33-25(18)31/h3-11H,12H2,1-2H3,(H,29,30). The Labute approximate surface area is 204 Å². The van der Waals surface area contributed by atoms with E-state index >= 15 is 0 Å². The number of rotatable bonds is 5. The van der Waals surface area contributed by atoms with Crippen molar-refractivity contribution in [3.63, 3.8) is 0 Å². The summed E-state index contributed by atoms with van der Waals surface area (Å²) in [6.07, 6.45) is 0. The van der Waals surface area contributed by atoms with Gasteiger partial charge in [-0.15, -0.1) is 0 Å². The maximum absolute atomic E-state index is 12.4. The van der Waals surface area contributed by atoms with Crippen molar-refractivity contribution in [1.29, 1.82) is 0 Å². The minimum absolute atomic E-state index is 0.214. The maximum Gasteiger partial charge on any atom is 0.344 e. The number of ether oxygens (including phenoxy) is 1. The van der Waals surface area contributed by atoms with Crippen LogP contribution < -0.4 is 15.7 Å². The van der Waals surface area contributed by atoms with Gasteiger partial charge in [0, 0.05) is 16.1 Å². The van der Waals surface area contributed by atoms with E-state index in [1.807, 2.05) is 18.2 Å². The maximum atomic E-state index is 12.4. The largest absolute Gasteiger partial charge is 0.481 e. The van der Waals surface area contributed by atoms with Crippen molar-refractivity contribution in [2.24, 2.45) is 0 Å². The van der Waals surface area contributed by atoms with Crippen LogP contribution in [0, 0.1) is 13.8 Å². The van der Waals surface area contributed by atoms with Crippen LogP contribution in [0.5, 0.6) is 5.75 Å². The summed E-state index contributed by atoms with van der Waals surface area (Å²) in [4.78, 5) is 24.7. The van der Waals surface area contributed by atoms with Gasteiger partial charge in [-0.05, 0) is 54.8 Å². The number of anilines is 1. The molecule has 1 N–H and O–H groups in total. The molecule has 0 unspecified atom stereocenters. The topological polar surface area (TPSA) is 68.5 Å². The summed E-state index contributed by atoms with van der Waals surface area (Å²) in [6, 6.07) is 15.9. The normalized spacial score (nSPS) is 10.9. The Morgan fingerprint density at radius 1 is 0.939 bits per heavy atom. The Balaban J connectivity index is 1.47. The Morgan fingerprint density at radius 3 is 2.24 bits per heavy atom. The molecule has 5 nitrogen and oxygen atoms in total. The van der Waals surface area contributed by atoms with Crippen LogP contribution in [0.3, 0.4) is 0 Å². The zero-order valence-electron chi connectivity index (χ0n) is 17.7. The van der Waals surface area contributed by atoms with E-state index in [2.05, 4.69) is 5.32 Å². The quantitative estimate of drug-likeness (QED) is 0.297. The van der Waals surface area contributed by atoms with Crippen molar-refractivity contribution >= 4 is 57.4 Å². The molecule has 0 saturated heterocycles. The molecule has 1 amide bonds. The summed E-state index contributed by atoms with van der Waals surface area (Å²) in [6.45, 7) is 3.20. The molecule has 0 spiro atoms. The van der Waals surface area contributed by atoms with Gasteiger partial charge in [0.05, 0.1) is 15.6 Å². The predicted octanol–water partition coefficient (Wildman–Crippen LogP) is 7.05. The van der Waals surface area contributed by atoms with Crippen LogP contribution in [0.25, 0.3) is 22.1 Å². The van der Waals surface area contributed by atoms with Gasteiger partial charge in [0.15, 0.2) is 12.4 Å². The highest BCUT2D eigenvalue weighted by Crippen LogP contribution is 2.42. The molecule has 1 heterocycles. The lowest BCUT2D eigenvalue weighted by Crippen LogP contribution is -2.20. The van der Waals surface area contributed by atoms with Crippen molar-refractivity contribution in [3.05, 3.63) is 91.2 Å². The highest BCUT2D eigenvalue weighted by atomic mass is 35.5. The van der Waals surface area contributed by atoms with Gasteiger partial charge in [-0.2, -0.15) is 0 Å². The fraction of sp³-hybridized carbons (Fsp3) is 0.120. The van der Waals surface area contributed by atoms with E-state index in [9.17, 15) is 9.59 Å². The average Bonchev–Trinajstić information content (AvgIpc) is 2.81. The van der Waals surface area contributed by atoms with Gasteiger partial charge in [0.25, 0.3) is 5.91 Å². The first-order chi connectivity index (χ1) is 15.8. The molecule has 0 aliphatic rings. The highest BCUT2D eigenvalue weighted by molar-refractivity contribution is 6.42. The van der Waals surface area contributed by atoms with Crippen LogP contribution in [0.15, 0.2) is 63.8 Å². The third-order valence-corrected chi connectivity index (χ3v) is 6.66. The second-order valence-electron chi connectivity index (χ2n) is 7.42. The van der Waals surface area contributed by atoms with Gasteiger partial charge in [0.2, 0.25) is 0 Å². The first-order valence-electron chi connectivity index (χ1n) is 9.96. The first-order valence-corrected chi connectivity index (χ1v) is 11.1. The van der Waals surface area contributed by atoms with Crippen molar-refractivity contribution in [2.75, 3.05) is 11.9 Å². The molecule has 0 atom stereocenters. The Hall–Kier alpha value is -2.99. The van der Waals surface area contributed by atoms with Crippen LogP contribution in [-0.4, -0.2) is 12.5 Å². The van der Waals surface area contributed by atoms with Gasteiger partial charge in [-0.25, -0.2) is 4.79 Å². The van der Waals surface area contributed by atoms with E-state index < -0.39 is 11.5 Å². The van der Waals surface area contributed by atoms with Crippen LogP contribution in [0.2, 0.25) is 15.1 Å². The van der Waals surface area contributed by atoms with Crippen LogP contribution in [0.4, 0.5) is 5.69 Å². The molecule has 0 fully saturated rings. The second-order valence-corrected chi connectivity index (χ2v) is 8.55. The van der Waals surface area contributed by atoms with Crippen LogP contribution in [-0.2, 0) is 4.79 Å². The number of carbonyl (C=O) groups is 1. The summed E-state index contributed by atoms with van der Waals surface area (Å²) in [7, 11) is 0. The zero-order chi connectivity index (χ0) is 23.7. The van der Waals surface area contributed by atoms with Crippen molar-refractivity contribution in [2.45, 2.75) is 13.8 Å². The molecule has 1 aromatic heterocycles. The molecule has 8 heteroatoms. The fourth-order valence-corrected chi connectivity index (χ4v) is 4.19. The molecular formula is C25H18Cl3NO4. The molecule has 0 bridgehead atoms. The molecule has 4 aromatic rings. The molecule has 0 saturated carbocycles. The number of amides is 1. The van der Waals surface area contributed by atoms with E-state index in [-0.39, 0.29) is 22.4 Å². The summed E-state index contributed by atoms with van der Waals surface area (Å²) in [5, 5.41) is 4.55. The van der Waals surface area contributed by atoms with Crippen molar-refractivity contribution in [1.82, 2.24) is 0 Å². The number of halogens is 3. The Bertz CT molecular complexity index is 1400. The lowest BCUT2D eigenvalue weighted by molar-refractivity contribution is -0.118. The number of fused-ring (bicyclic) bond motifs is 1. The van der Waals surface area contributed by atoms with Crippen molar-refractivity contribution < 1.29 is 13.9 Å². The molecule has 33 heavy (non-hydrogen) atoms. The summed E-state index contributed by atoms with van der Waals surface area (Å²) >= 11 is 18.8. The number of hydrogen-bond donors (Lipinski definition) is 1. The van der Waals surface area contributed by atoms with E-state index in [0.29, 0.717) is 38.5 Å². The molecule has 4 rings (SSSR count). The number of para-hydroxylation sites is 1. The summed E-state index contributed by atoms with van der Waals surface area (Å²) in [5.41, 5.74) is 3.01. The molecule has 0 aliphatic heterocycles. The van der Waals surface area contributed by atoms with Gasteiger partial charge in [-0.3, -0.25) is 4.79 Å². The Kier molecular flexibility index (Phi) is 6.66. The van der Waals surface area contributed by atoms with Gasteiger partial charge < -0.3 is 14.5 Å². The first kappa shape index (κ1) is 23.2. The van der Waals surface area contributed by atoms with Crippen LogP contribution >= 0.6 is 34.8 Å². The summed E-state index contributed by atoms with van der Waals surface area (Å²) < 4.78 is 11.0. The van der Waals surface area contributed by atoms with Gasteiger partial charge >= 0.3 is 5.63 Å². The highest BCUT2D eigenvalue weighted by Gasteiger charge is 2.19. The molecule has 0 radical (unpaired) electrons. The molecule has 168 valence electrons. The smallest absolute Gasteiger partial charge is 0.344 e. The predicted molar refractivity (Wildman–Crippen MR) is 133 cm³/mol. The van der Waals surface area contributed by atoms with Crippen LogP contribution in [0.1, 0.15) is 11.1 Å². The molecular weight excluding hydrogens is 485 g/mol. The minimum Gasteiger partial charge on any atom is -0.481 e. The SMILES string of the molecule is Cc1c(Cl)c(C)c(Cl)c(OCC(=O)Nc2ccc(-c3cc4ccccc4oc3=O)cc2)c1Cl. The van der Waals surface area contributed by atoms with E-state index in [0.717, 1.165) is 5.39 Å². The third kappa shape index (κ3) is 4.71. The third-order valence-electron chi connectivity index (χ3n) is 5.18. The number of benzene rings is 3. The van der Waals surface area contributed by atoms with E-state index in [4.69, 9.17) is 44.0 Å². The number of carbonyl (C=O) groups excluding carboxylic acids is 1. The summed E-state index contributed by atoms with van der Waals surface area (Å²) in [5.74, 6) is -0.184. The number of hydrogen-bond acceptors (Lipinski definition) is 4. The fourth-order valence-electron chi connectivity index (χ4n) is 3.37. The second kappa shape index (κ2) is 9.48. The minimum atomic E-state index is -0.429. The lowest BCUT2D eigenvalue weighted by atomic mass is 10.1. The lowest BCUT2D eigenvalue weighted by Gasteiger charge is -2.15. The molecule has 0 aliphatic carbocycles. The van der Waals surface area contributed by atoms with E-state index in [1.165, 1.54) is 0 Å². The van der Waals surface area contributed by atoms with Crippen molar-refractivity contribution in [3.8, 4) is 16.9 Å². The van der Waals surface area contributed by atoms with Gasteiger partial charge in [-0.1, -0.05) is 65.1 Å². The monoisotopic (exact) mass is 501 g/mol. The van der Waals surface area contributed by atoms with E-state index in [1.54, 1.807) is 50.2 Å². The zero-order valence-corrected chi connectivity index (χ0v) is 19.9. The Morgan fingerprint density at radius 2 is 1.58 bits per heavy atom. The van der Waals surface area contributed by atoms with Gasteiger partial charge in [0.1, 0.15) is 5.58 Å². The average molecular weight is 503 g/mol.